The molecule has 0 aliphatic heterocycles. The molecule has 2 aromatic heterocycles. The molecule has 1 aliphatic rings. The van der Waals surface area contributed by atoms with Crippen LogP contribution in [0.15, 0.2) is 48.7 Å². The molecule has 1 saturated carbocycles. The molecule has 0 unspecified atom stereocenters. The summed E-state index contributed by atoms with van der Waals surface area (Å²) in [5.41, 5.74) is 2.73. The number of fused-ring (bicyclic) bond motifs is 1. The van der Waals surface area contributed by atoms with Crippen LogP contribution < -0.4 is 10.6 Å². The summed E-state index contributed by atoms with van der Waals surface area (Å²) in [5.74, 6) is -0.331. The van der Waals surface area contributed by atoms with Crippen molar-refractivity contribution in [3.05, 3.63) is 88.2 Å². The predicted octanol–water partition coefficient (Wildman–Crippen LogP) is 5.97. The molecule has 194 valence electrons. The number of hydrogen-bond donors (Lipinski definition) is 4. The van der Waals surface area contributed by atoms with Crippen LogP contribution >= 0.6 is 11.6 Å². The molecule has 11 heteroatoms. The lowest BCUT2D eigenvalue weighted by Gasteiger charge is -2.10. The van der Waals surface area contributed by atoms with Gasteiger partial charge in [-0.25, -0.2) is 18.7 Å². The van der Waals surface area contributed by atoms with E-state index in [2.05, 4.69) is 30.6 Å². The molecule has 0 atom stereocenters. The van der Waals surface area contributed by atoms with Crippen LogP contribution in [0.2, 0.25) is 5.28 Å². The Bertz CT molecular complexity index is 1530. The minimum Gasteiger partial charge on any atom is -0.361 e. The third-order valence-corrected chi connectivity index (χ3v) is 6.61. The van der Waals surface area contributed by atoms with Crippen LogP contribution in [0.3, 0.4) is 0 Å². The van der Waals surface area contributed by atoms with Gasteiger partial charge in [-0.2, -0.15) is 4.98 Å². The molecule has 2 aromatic carbocycles. The molecular weight excluding hydrogens is 512 g/mol. The van der Waals surface area contributed by atoms with Gasteiger partial charge < -0.3 is 21.0 Å². The average molecular weight is 536 g/mol. The maximum Gasteiger partial charge on any atom is 0.272 e. The minimum absolute atomic E-state index is 0.00694. The summed E-state index contributed by atoms with van der Waals surface area (Å²) >= 11 is 6.07. The number of rotatable bonds is 8. The number of imidazole rings is 1. The van der Waals surface area contributed by atoms with Crippen LogP contribution in [-0.2, 0) is 6.54 Å². The van der Waals surface area contributed by atoms with Crippen molar-refractivity contribution in [3.8, 4) is 0 Å². The fourth-order valence-corrected chi connectivity index (χ4v) is 4.71. The number of nitrogens with zero attached hydrogens (tertiary/aromatic N) is 3. The number of carbonyl (C=O) groups is 1. The van der Waals surface area contributed by atoms with E-state index in [0.29, 0.717) is 39.5 Å². The van der Waals surface area contributed by atoms with E-state index in [0.717, 1.165) is 37.7 Å². The fraction of sp³-hybridized carbons (Fsp3) is 0.222. The van der Waals surface area contributed by atoms with Crippen molar-refractivity contribution < 1.29 is 13.6 Å². The average Bonchev–Trinajstić information content (AvgIpc) is 3.58. The van der Waals surface area contributed by atoms with E-state index in [4.69, 9.17) is 17.0 Å². The molecule has 4 aromatic rings. The van der Waals surface area contributed by atoms with Crippen LogP contribution in [0.5, 0.6) is 0 Å². The van der Waals surface area contributed by atoms with Crippen LogP contribution in [-0.4, -0.2) is 32.1 Å². The monoisotopic (exact) mass is 535 g/mol. The van der Waals surface area contributed by atoms with E-state index >= 15 is 0 Å². The van der Waals surface area contributed by atoms with Crippen LogP contribution in [0.25, 0.3) is 16.7 Å². The summed E-state index contributed by atoms with van der Waals surface area (Å²) in [5, 5.41) is 13.4. The lowest BCUT2D eigenvalue weighted by Crippen LogP contribution is -2.24. The molecule has 0 bridgehead atoms. The second-order valence-electron chi connectivity index (χ2n) is 9.07. The van der Waals surface area contributed by atoms with Gasteiger partial charge in [-0.05, 0) is 78.0 Å². The molecular formula is C27H24ClF2N7O. The maximum atomic E-state index is 14.5. The van der Waals surface area contributed by atoms with Gasteiger partial charge in [0, 0.05) is 36.1 Å². The normalized spacial score (nSPS) is 14.1. The number of hydrogen-bond acceptors (Lipinski definition) is 6. The fourth-order valence-electron chi connectivity index (χ4n) is 4.55. The predicted molar refractivity (Wildman–Crippen MR) is 142 cm³/mol. The third-order valence-electron chi connectivity index (χ3n) is 6.44. The highest BCUT2D eigenvalue weighted by atomic mass is 35.5. The number of anilines is 1. The van der Waals surface area contributed by atoms with Crippen LogP contribution in [0.4, 0.5) is 14.5 Å². The SMILES string of the molecule is N=C/C(=C\Nc1ccc(F)cc1)c1cc(F)cc(CNC(=O)c2nc(Cl)nc3nc(C4CCCC4)[nH]c23)c1. The zero-order valence-electron chi connectivity index (χ0n) is 20.2. The van der Waals surface area contributed by atoms with E-state index < -0.39 is 11.7 Å². The standard InChI is InChI=1S/C27H24ClF2N7O/c28-27-35-23(22-25(37-27)36-24(34-22)16-3-1-2-4-16)26(38)33-13-15-9-17(11-20(30)10-15)18(12-31)14-32-21-7-5-19(29)6-8-21/h5-12,14,16,31-32H,1-4,13H2,(H,33,38)(H,34,35,36,37)/b18-14+,31-12?. The molecule has 38 heavy (non-hydrogen) atoms. The third kappa shape index (κ3) is 5.70. The smallest absolute Gasteiger partial charge is 0.272 e. The van der Waals surface area contributed by atoms with Gasteiger partial charge in [0.2, 0.25) is 5.28 Å². The van der Waals surface area contributed by atoms with Crippen LogP contribution in [0, 0.1) is 17.0 Å². The van der Waals surface area contributed by atoms with Gasteiger partial charge in [0.25, 0.3) is 5.91 Å². The molecule has 1 aliphatic carbocycles. The Kier molecular flexibility index (Phi) is 7.41. The summed E-state index contributed by atoms with van der Waals surface area (Å²) in [7, 11) is 0. The van der Waals surface area contributed by atoms with Gasteiger partial charge >= 0.3 is 0 Å². The van der Waals surface area contributed by atoms with Crippen molar-refractivity contribution >= 4 is 46.1 Å². The van der Waals surface area contributed by atoms with E-state index in [1.807, 2.05) is 0 Å². The van der Waals surface area contributed by atoms with Gasteiger partial charge in [0.05, 0.1) is 0 Å². The first-order chi connectivity index (χ1) is 18.4. The number of aromatic nitrogens is 4. The topological polar surface area (TPSA) is 119 Å². The Balaban J connectivity index is 1.34. The van der Waals surface area contributed by atoms with Crippen molar-refractivity contribution in [1.29, 1.82) is 5.41 Å². The molecule has 2 heterocycles. The van der Waals surface area contributed by atoms with Crippen molar-refractivity contribution in [2.24, 2.45) is 0 Å². The summed E-state index contributed by atoms with van der Waals surface area (Å²) in [6, 6.07) is 9.97. The molecule has 8 nitrogen and oxygen atoms in total. The summed E-state index contributed by atoms with van der Waals surface area (Å²) in [4.78, 5) is 29.1. The van der Waals surface area contributed by atoms with E-state index in [1.165, 1.54) is 30.5 Å². The lowest BCUT2D eigenvalue weighted by atomic mass is 10.0. The largest absolute Gasteiger partial charge is 0.361 e. The second-order valence-corrected chi connectivity index (χ2v) is 9.41. The molecule has 1 fully saturated rings. The second kappa shape index (κ2) is 11.1. The quantitative estimate of drug-likeness (QED) is 0.163. The molecule has 0 saturated heterocycles. The summed E-state index contributed by atoms with van der Waals surface area (Å²) < 4.78 is 27.6. The number of carbonyl (C=O) groups excluding carboxylic acids is 1. The van der Waals surface area contributed by atoms with Gasteiger partial charge in [-0.3, -0.25) is 4.79 Å². The number of amides is 1. The Morgan fingerprint density at radius 1 is 1.08 bits per heavy atom. The van der Waals surface area contributed by atoms with Gasteiger partial charge in [-0.1, -0.05) is 12.8 Å². The minimum atomic E-state index is -0.525. The highest BCUT2D eigenvalue weighted by molar-refractivity contribution is 6.28. The van der Waals surface area contributed by atoms with Crippen LogP contribution in [0.1, 0.15) is 59.0 Å². The first-order valence-electron chi connectivity index (χ1n) is 12.1. The first kappa shape index (κ1) is 25.5. The van der Waals surface area contributed by atoms with E-state index in [-0.39, 0.29) is 23.3 Å². The Hall–Kier alpha value is -4.18. The van der Waals surface area contributed by atoms with Crippen molar-refractivity contribution in [1.82, 2.24) is 25.3 Å². The lowest BCUT2D eigenvalue weighted by molar-refractivity contribution is 0.0947. The Morgan fingerprint density at radius 3 is 2.58 bits per heavy atom. The number of aromatic amines is 1. The van der Waals surface area contributed by atoms with Crippen molar-refractivity contribution in [2.45, 2.75) is 38.1 Å². The van der Waals surface area contributed by atoms with Gasteiger partial charge in [0.15, 0.2) is 11.3 Å². The maximum absolute atomic E-state index is 14.5. The molecule has 1 amide bonds. The van der Waals surface area contributed by atoms with E-state index in [1.54, 1.807) is 18.2 Å². The molecule has 0 radical (unpaired) electrons. The number of benzene rings is 2. The first-order valence-corrected chi connectivity index (χ1v) is 12.5. The highest BCUT2D eigenvalue weighted by Crippen LogP contribution is 2.33. The summed E-state index contributed by atoms with van der Waals surface area (Å²) in [6.07, 6.45) is 6.92. The number of H-pyrrole nitrogens is 1. The number of halogens is 3. The molecule has 5 rings (SSSR count). The van der Waals surface area contributed by atoms with E-state index in [9.17, 15) is 13.6 Å². The van der Waals surface area contributed by atoms with Gasteiger partial charge in [0.1, 0.15) is 23.0 Å². The number of nitrogens with one attached hydrogen (secondary N) is 4. The Morgan fingerprint density at radius 2 is 1.84 bits per heavy atom. The summed E-state index contributed by atoms with van der Waals surface area (Å²) in [6.45, 7) is 0.00694. The van der Waals surface area contributed by atoms with Crippen molar-refractivity contribution in [3.63, 3.8) is 0 Å². The Labute approximate surface area is 222 Å². The molecule has 0 spiro atoms. The van der Waals surface area contributed by atoms with Crippen molar-refractivity contribution in [2.75, 3.05) is 5.32 Å². The van der Waals surface area contributed by atoms with Gasteiger partial charge in [-0.15, -0.1) is 0 Å². The zero-order chi connectivity index (χ0) is 26.6. The number of allylic oxidation sites excluding steroid dienone is 1. The highest BCUT2D eigenvalue weighted by Gasteiger charge is 2.24. The zero-order valence-corrected chi connectivity index (χ0v) is 20.9. The molecule has 4 N–H and O–H groups in total.